The van der Waals surface area contributed by atoms with E-state index in [9.17, 15) is 9.59 Å². The van der Waals surface area contributed by atoms with E-state index >= 15 is 0 Å². The lowest BCUT2D eigenvalue weighted by Gasteiger charge is -2.09. The molecule has 0 fully saturated rings. The van der Waals surface area contributed by atoms with E-state index in [0.29, 0.717) is 23.1 Å². The molecular weight excluding hydrogens is 396 g/mol. The Labute approximate surface area is 178 Å². The number of fused-ring (bicyclic) bond motifs is 2. The monoisotopic (exact) mass is 418 g/mol. The largest absolute Gasteiger partial charge is 0.332 e. The molecule has 2 aromatic carbocycles. The maximum atomic E-state index is 12.6. The van der Waals surface area contributed by atoms with Gasteiger partial charge in [-0.25, -0.2) is 0 Å². The van der Waals surface area contributed by atoms with E-state index in [0.717, 1.165) is 41.4 Å². The summed E-state index contributed by atoms with van der Waals surface area (Å²) in [6.07, 6.45) is 4.48. The molecule has 1 amide bonds. The molecule has 0 radical (unpaired) electrons. The number of pyridine rings is 1. The van der Waals surface area contributed by atoms with Crippen LogP contribution in [0.2, 0.25) is 0 Å². The summed E-state index contributed by atoms with van der Waals surface area (Å²) in [6.45, 7) is 0.536. The molecule has 0 atom stereocenters. The van der Waals surface area contributed by atoms with Gasteiger partial charge < -0.3 is 10.3 Å². The van der Waals surface area contributed by atoms with E-state index in [1.807, 2.05) is 48.5 Å². The van der Waals surface area contributed by atoms with Crippen LogP contribution in [0.15, 0.2) is 65.6 Å². The minimum absolute atomic E-state index is 0.0340. The van der Waals surface area contributed by atoms with Gasteiger partial charge in [0, 0.05) is 24.5 Å². The lowest BCUT2D eigenvalue weighted by Crippen LogP contribution is -2.22. The summed E-state index contributed by atoms with van der Waals surface area (Å²) in [4.78, 5) is 32.4. The third-order valence-corrected chi connectivity index (χ3v) is 5.40. The SMILES string of the molecule is O=C(CCCCCn1c(=S)[nH]c2ccccc2c1=O)Nc1cccc2cccnc12. The first-order chi connectivity index (χ1) is 14.6. The molecule has 7 heteroatoms. The number of anilines is 1. The van der Waals surface area contributed by atoms with Crippen molar-refractivity contribution in [3.05, 3.63) is 75.9 Å². The van der Waals surface area contributed by atoms with Gasteiger partial charge in [-0.05, 0) is 49.3 Å². The van der Waals surface area contributed by atoms with Crippen LogP contribution in [-0.4, -0.2) is 20.4 Å². The van der Waals surface area contributed by atoms with Gasteiger partial charge in [-0.2, -0.15) is 0 Å². The van der Waals surface area contributed by atoms with Crippen LogP contribution in [0.4, 0.5) is 5.69 Å². The summed E-state index contributed by atoms with van der Waals surface area (Å²) < 4.78 is 2.03. The molecule has 0 unspecified atom stereocenters. The quantitative estimate of drug-likeness (QED) is 0.334. The summed E-state index contributed by atoms with van der Waals surface area (Å²) >= 11 is 5.34. The van der Waals surface area contributed by atoms with Crippen LogP contribution >= 0.6 is 12.2 Å². The number of rotatable bonds is 7. The summed E-state index contributed by atoms with van der Waals surface area (Å²) in [5, 5.41) is 4.58. The maximum Gasteiger partial charge on any atom is 0.262 e. The number of H-pyrrole nitrogens is 1. The fraction of sp³-hybridized carbons (Fsp3) is 0.217. The van der Waals surface area contributed by atoms with Crippen LogP contribution in [0, 0.1) is 4.77 Å². The fourth-order valence-corrected chi connectivity index (χ4v) is 3.84. The van der Waals surface area contributed by atoms with E-state index in [2.05, 4.69) is 15.3 Å². The normalized spacial score (nSPS) is 11.1. The summed E-state index contributed by atoms with van der Waals surface area (Å²) in [7, 11) is 0. The Morgan fingerprint density at radius 1 is 1.03 bits per heavy atom. The number of benzene rings is 2. The molecule has 2 heterocycles. The highest BCUT2D eigenvalue weighted by Gasteiger charge is 2.08. The smallest absolute Gasteiger partial charge is 0.262 e. The molecule has 0 saturated carbocycles. The molecule has 6 nitrogen and oxygen atoms in total. The minimum Gasteiger partial charge on any atom is -0.332 e. The van der Waals surface area contributed by atoms with Crippen molar-refractivity contribution in [2.24, 2.45) is 0 Å². The average Bonchev–Trinajstić information content (AvgIpc) is 2.76. The first-order valence-electron chi connectivity index (χ1n) is 9.99. The first-order valence-corrected chi connectivity index (χ1v) is 10.4. The van der Waals surface area contributed by atoms with Gasteiger partial charge in [-0.3, -0.25) is 19.1 Å². The van der Waals surface area contributed by atoms with Crippen molar-refractivity contribution in [3.8, 4) is 0 Å². The highest BCUT2D eigenvalue weighted by Crippen LogP contribution is 2.21. The van der Waals surface area contributed by atoms with Crippen molar-refractivity contribution in [1.29, 1.82) is 0 Å². The fourth-order valence-electron chi connectivity index (χ4n) is 3.55. The van der Waals surface area contributed by atoms with E-state index < -0.39 is 0 Å². The van der Waals surface area contributed by atoms with E-state index in [4.69, 9.17) is 12.2 Å². The molecule has 0 aliphatic carbocycles. The predicted octanol–water partition coefficient (Wildman–Crippen LogP) is 4.81. The van der Waals surface area contributed by atoms with Crippen LogP contribution in [0.25, 0.3) is 21.8 Å². The summed E-state index contributed by atoms with van der Waals surface area (Å²) in [6, 6.07) is 16.9. The van der Waals surface area contributed by atoms with Crippen LogP contribution in [0.1, 0.15) is 25.7 Å². The molecule has 30 heavy (non-hydrogen) atoms. The van der Waals surface area contributed by atoms with Crippen molar-refractivity contribution in [3.63, 3.8) is 0 Å². The Morgan fingerprint density at radius 2 is 1.87 bits per heavy atom. The summed E-state index contributed by atoms with van der Waals surface area (Å²) in [5.41, 5.74) is 2.20. The van der Waals surface area contributed by atoms with E-state index in [1.165, 1.54) is 0 Å². The van der Waals surface area contributed by atoms with E-state index in [1.54, 1.807) is 16.8 Å². The average molecular weight is 419 g/mol. The number of hydrogen-bond acceptors (Lipinski definition) is 4. The first kappa shape index (κ1) is 20.0. The second-order valence-corrected chi connectivity index (χ2v) is 7.56. The van der Waals surface area contributed by atoms with Crippen LogP contribution in [-0.2, 0) is 11.3 Å². The van der Waals surface area contributed by atoms with Crippen molar-refractivity contribution < 1.29 is 4.79 Å². The van der Waals surface area contributed by atoms with Crippen molar-refractivity contribution in [2.45, 2.75) is 32.2 Å². The highest BCUT2D eigenvalue weighted by molar-refractivity contribution is 7.71. The zero-order chi connectivity index (χ0) is 20.9. The van der Waals surface area contributed by atoms with Gasteiger partial charge in [0.15, 0.2) is 4.77 Å². The van der Waals surface area contributed by atoms with Gasteiger partial charge in [0.2, 0.25) is 5.91 Å². The van der Waals surface area contributed by atoms with Gasteiger partial charge in [0.1, 0.15) is 0 Å². The van der Waals surface area contributed by atoms with Gasteiger partial charge in [0.05, 0.1) is 22.1 Å². The number of amides is 1. The molecule has 2 aromatic heterocycles. The molecule has 152 valence electrons. The summed E-state index contributed by atoms with van der Waals surface area (Å²) in [5.74, 6) is -0.0340. The predicted molar refractivity (Wildman–Crippen MR) is 122 cm³/mol. The van der Waals surface area contributed by atoms with Crippen molar-refractivity contribution in [2.75, 3.05) is 5.32 Å². The van der Waals surface area contributed by atoms with Gasteiger partial charge >= 0.3 is 0 Å². The number of carbonyl (C=O) groups is 1. The standard InChI is InChI=1S/C23H22N4O2S/c28-20(25-19-12-6-8-16-9-7-14-24-21(16)19)13-2-1-5-15-27-22(29)17-10-3-4-11-18(17)26-23(27)30/h3-4,6-12,14H,1-2,5,13,15H2,(H,25,28)(H,26,30). The van der Waals surface area contributed by atoms with Crippen LogP contribution < -0.4 is 10.9 Å². The molecule has 4 rings (SSSR count). The number of aromatic nitrogens is 3. The number of para-hydroxylation sites is 2. The van der Waals surface area contributed by atoms with E-state index in [-0.39, 0.29) is 11.5 Å². The third kappa shape index (κ3) is 4.31. The Hall–Kier alpha value is -3.32. The van der Waals surface area contributed by atoms with Crippen LogP contribution in [0.3, 0.4) is 0 Å². The highest BCUT2D eigenvalue weighted by atomic mass is 32.1. The molecule has 0 saturated heterocycles. The molecule has 0 spiro atoms. The zero-order valence-electron chi connectivity index (χ0n) is 16.4. The lowest BCUT2D eigenvalue weighted by molar-refractivity contribution is -0.116. The number of nitrogens with one attached hydrogen (secondary N) is 2. The van der Waals surface area contributed by atoms with Crippen LogP contribution in [0.5, 0.6) is 0 Å². The molecule has 0 aliphatic rings. The van der Waals surface area contributed by atoms with Gasteiger partial charge in [0.25, 0.3) is 5.56 Å². The Bertz CT molecular complexity index is 1320. The Balaban J connectivity index is 1.30. The minimum atomic E-state index is -0.0736. The number of aromatic amines is 1. The molecular formula is C23H22N4O2S. The zero-order valence-corrected chi connectivity index (χ0v) is 17.2. The molecule has 0 bridgehead atoms. The maximum absolute atomic E-state index is 12.6. The number of unbranched alkanes of at least 4 members (excludes halogenated alkanes) is 2. The number of hydrogen-bond donors (Lipinski definition) is 2. The topological polar surface area (TPSA) is 79.8 Å². The Kier molecular flexibility index (Phi) is 5.99. The van der Waals surface area contributed by atoms with Crippen molar-refractivity contribution >= 4 is 45.6 Å². The second kappa shape index (κ2) is 9.00. The third-order valence-electron chi connectivity index (χ3n) is 5.08. The molecule has 4 aromatic rings. The second-order valence-electron chi connectivity index (χ2n) is 7.17. The molecule has 2 N–H and O–H groups in total. The Morgan fingerprint density at radius 3 is 2.77 bits per heavy atom. The van der Waals surface area contributed by atoms with Gasteiger partial charge in [-0.15, -0.1) is 0 Å². The lowest BCUT2D eigenvalue weighted by atomic mass is 10.1. The molecule has 0 aliphatic heterocycles. The van der Waals surface area contributed by atoms with Crippen molar-refractivity contribution in [1.82, 2.24) is 14.5 Å². The van der Waals surface area contributed by atoms with Gasteiger partial charge in [-0.1, -0.05) is 36.8 Å². The number of nitrogens with zero attached hydrogens (tertiary/aromatic N) is 2. The number of carbonyl (C=O) groups excluding carboxylic acids is 1.